The molecule has 0 aliphatic carbocycles. The molecule has 0 radical (unpaired) electrons. The third-order valence-electron chi connectivity index (χ3n) is 5.91. The molecule has 0 amide bonds. The number of methoxy groups -OCH3 is 2. The van der Waals surface area contributed by atoms with Crippen molar-refractivity contribution in [1.29, 1.82) is 0 Å². The van der Waals surface area contributed by atoms with Gasteiger partial charge in [0.25, 0.3) is 0 Å². The summed E-state index contributed by atoms with van der Waals surface area (Å²) in [5.74, 6) is 0.862. The van der Waals surface area contributed by atoms with E-state index in [2.05, 4.69) is 11.0 Å². The highest BCUT2D eigenvalue weighted by Gasteiger charge is 2.22. The lowest BCUT2D eigenvalue weighted by Crippen LogP contribution is -2.11. The van der Waals surface area contributed by atoms with Crippen LogP contribution in [0.1, 0.15) is 34.6 Å². The molecule has 2 heterocycles. The largest absolute Gasteiger partial charge is 0.495 e. The van der Waals surface area contributed by atoms with Crippen molar-refractivity contribution >= 4 is 44.9 Å². The molecule has 0 unspecified atom stereocenters. The molecule has 38 heavy (non-hydrogen) atoms. The fourth-order valence-corrected chi connectivity index (χ4v) is 4.20. The van der Waals surface area contributed by atoms with Gasteiger partial charge >= 0.3 is 0 Å². The SMILES string of the molecule is COc1c(C(C)=O)c(ONc2ccc(NOc3cc4occc4c(OC)c3C(C)=O)cc2)cc2occc12. The van der Waals surface area contributed by atoms with E-state index in [4.69, 9.17) is 28.0 Å². The minimum absolute atomic E-state index is 0.215. The Morgan fingerprint density at radius 3 is 1.39 bits per heavy atom. The highest BCUT2D eigenvalue weighted by atomic mass is 16.7. The Morgan fingerprint density at radius 2 is 1.05 bits per heavy atom. The first kappa shape index (κ1) is 24.6. The van der Waals surface area contributed by atoms with Gasteiger partial charge in [0.1, 0.15) is 33.8 Å². The number of furan rings is 2. The zero-order valence-electron chi connectivity index (χ0n) is 21.0. The summed E-state index contributed by atoms with van der Waals surface area (Å²) < 4.78 is 21.9. The first-order valence-corrected chi connectivity index (χ1v) is 11.5. The van der Waals surface area contributed by atoms with Crippen molar-refractivity contribution in [2.24, 2.45) is 0 Å². The standard InChI is InChI=1S/C28H24N2O8/c1-15(31)25-23(13-21-19(9-11-35-21)27(25)33-3)37-29-17-5-7-18(8-6-17)30-38-24-14-22-20(10-12-36-22)28(34-4)26(24)16(2)32/h5-14,29-30H,1-4H3. The van der Waals surface area contributed by atoms with E-state index in [-0.39, 0.29) is 23.1 Å². The number of rotatable bonds is 10. The Hall–Kier alpha value is -5.12. The molecular formula is C28H24N2O8. The first-order chi connectivity index (χ1) is 18.4. The topological polar surface area (TPSA) is 121 Å². The van der Waals surface area contributed by atoms with Gasteiger partial charge in [-0.1, -0.05) is 0 Å². The van der Waals surface area contributed by atoms with Gasteiger partial charge in [-0.05, 0) is 50.2 Å². The van der Waals surface area contributed by atoms with Gasteiger partial charge in [-0.15, -0.1) is 0 Å². The second kappa shape index (κ2) is 10.1. The lowest BCUT2D eigenvalue weighted by Gasteiger charge is -2.15. The minimum atomic E-state index is -0.215. The number of hydrogen-bond donors (Lipinski definition) is 2. The van der Waals surface area contributed by atoms with Gasteiger partial charge in [0.2, 0.25) is 0 Å². The molecule has 0 aliphatic heterocycles. The third-order valence-corrected chi connectivity index (χ3v) is 5.91. The summed E-state index contributed by atoms with van der Waals surface area (Å²) in [7, 11) is 2.97. The van der Waals surface area contributed by atoms with E-state index in [1.807, 2.05) is 0 Å². The van der Waals surface area contributed by atoms with Gasteiger partial charge in [0, 0.05) is 12.1 Å². The molecule has 0 bridgehead atoms. The van der Waals surface area contributed by atoms with Gasteiger partial charge in [-0.2, -0.15) is 0 Å². The van der Waals surface area contributed by atoms with Crippen molar-refractivity contribution in [3.05, 3.63) is 72.2 Å². The molecule has 2 N–H and O–H groups in total. The second-order valence-electron chi connectivity index (χ2n) is 8.33. The summed E-state index contributed by atoms with van der Waals surface area (Å²) in [5.41, 5.74) is 8.51. The maximum Gasteiger partial charge on any atom is 0.173 e. The van der Waals surface area contributed by atoms with Crippen molar-refractivity contribution in [3.63, 3.8) is 0 Å². The summed E-state index contributed by atoms with van der Waals surface area (Å²) in [4.78, 5) is 36.2. The predicted octanol–water partition coefficient (Wildman–Crippen LogP) is 6.41. The van der Waals surface area contributed by atoms with Crippen LogP contribution in [0.5, 0.6) is 23.0 Å². The molecule has 3 aromatic carbocycles. The van der Waals surface area contributed by atoms with Gasteiger partial charge in [-0.25, -0.2) is 11.0 Å². The summed E-state index contributed by atoms with van der Waals surface area (Å²) in [6, 6.07) is 13.7. The number of ketones is 2. The van der Waals surface area contributed by atoms with Crippen LogP contribution in [0.25, 0.3) is 21.9 Å². The molecule has 5 rings (SSSR count). The zero-order valence-corrected chi connectivity index (χ0v) is 21.0. The maximum atomic E-state index is 12.3. The number of ether oxygens (including phenoxy) is 2. The molecule has 2 aromatic heterocycles. The minimum Gasteiger partial charge on any atom is -0.495 e. The Bertz CT molecular complexity index is 1530. The quantitative estimate of drug-likeness (QED) is 0.159. The number of carbonyl (C=O) groups is 2. The van der Waals surface area contributed by atoms with E-state index in [1.165, 1.54) is 40.6 Å². The summed E-state index contributed by atoms with van der Waals surface area (Å²) in [6.45, 7) is 2.88. The van der Waals surface area contributed by atoms with Crippen LogP contribution in [0.4, 0.5) is 11.4 Å². The van der Waals surface area contributed by atoms with Crippen molar-refractivity contribution in [2.75, 3.05) is 25.2 Å². The monoisotopic (exact) mass is 516 g/mol. The fraction of sp³-hybridized carbons (Fsp3) is 0.143. The first-order valence-electron chi connectivity index (χ1n) is 11.5. The molecule has 10 heteroatoms. The van der Waals surface area contributed by atoms with Crippen LogP contribution in [-0.4, -0.2) is 25.8 Å². The van der Waals surface area contributed by atoms with Crippen LogP contribution in [0, 0.1) is 0 Å². The van der Waals surface area contributed by atoms with Gasteiger partial charge in [0.05, 0.1) is 48.9 Å². The Labute approximate surface area is 216 Å². The molecule has 0 saturated carbocycles. The average Bonchev–Trinajstić information content (AvgIpc) is 3.58. The van der Waals surface area contributed by atoms with E-state index >= 15 is 0 Å². The van der Waals surface area contributed by atoms with Gasteiger partial charge in [0.15, 0.2) is 23.1 Å². The van der Waals surface area contributed by atoms with E-state index in [9.17, 15) is 9.59 Å². The smallest absolute Gasteiger partial charge is 0.173 e. The number of anilines is 2. The number of benzene rings is 3. The third kappa shape index (κ3) is 4.43. The van der Waals surface area contributed by atoms with Crippen LogP contribution in [0.2, 0.25) is 0 Å². The van der Waals surface area contributed by atoms with Crippen LogP contribution in [0.3, 0.4) is 0 Å². The molecule has 0 aliphatic rings. The molecule has 5 aromatic rings. The fourth-order valence-electron chi connectivity index (χ4n) is 4.20. The van der Waals surface area contributed by atoms with Gasteiger partial charge < -0.3 is 28.0 Å². The van der Waals surface area contributed by atoms with Crippen LogP contribution < -0.4 is 30.1 Å². The Morgan fingerprint density at radius 1 is 0.658 bits per heavy atom. The van der Waals surface area contributed by atoms with Crippen molar-refractivity contribution in [2.45, 2.75) is 13.8 Å². The number of fused-ring (bicyclic) bond motifs is 2. The van der Waals surface area contributed by atoms with Crippen molar-refractivity contribution in [1.82, 2.24) is 0 Å². The van der Waals surface area contributed by atoms with E-state index in [0.29, 0.717) is 55.9 Å². The molecule has 10 nitrogen and oxygen atoms in total. The molecular weight excluding hydrogens is 492 g/mol. The lowest BCUT2D eigenvalue weighted by atomic mass is 10.1. The summed E-state index contributed by atoms with van der Waals surface area (Å²) >= 11 is 0. The lowest BCUT2D eigenvalue weighted by molar-refractivity contribution is 0.0998. The van der Waals surface area contributed by atoms with E-state index in [1.54, 1.807) is 48.5 Å². The number of Topliss-reactive ketones (excluding diaryl/α,β-unsaturated/α-hetero) is 2. The van der Waals surface area contributed by atoms with Crippen LogP contribution in [0.15, 0.2) is 69.9 Å². The molecule has 0 saturated heterocycles. The highest BCUT2D eigenvalue weighted by molar-refractivity contribution is 6.06. The molecule has 0 spiro atoms. The molecule has 0 atom stereocenters. The Balaban J connectivity index is 1.32. The summed E-state index contributed by atoms with van der Waals surface area (Å²) in [6.07, 6.45) is 3.04. The highest BCUT2D eigenvalue weighted by Crippen LogP contribution is 2.39. The molecule has 0 fully saturated rings. The van der Waals surface area contributed by atoms with Crippen molar-refractivity contribution in [3.8, 4) is 23.0 Å². The zero-order chi connectivity index (χ0) is 26.8. The number of hydrogen-bond acceptors (Lipinski definition) is 10. The van der Waals surface area contributed by atoms with E-state index in [0.717, 1.165) is 0 Å². The van der Waals surface area contributed by atoms with Crippen LogP contribution >= 0.6 is 0 Å². The van der Waals surface area contributed by atoms with Crippen LogP contribution in [-0.2, 0) is 0 Å². The average molecular weight is 517 g/mol. The molecule has 194 valence electrons. The number of carbonyl (C=O) groups excluding carboxylic acids is 2. The van der Waals surface area contributed by atoms with Crippen molar-refractivity contribution < 1.29 is 37.6 Å². The van der Waals surface area contributed by atoms with Gasteiger partial charge in [-0.3, -0.25) is 9.59 Å². The maximum absolute atomic E-state index is 12.3. The van der Waals surface area contributed by atoms with E-state index < -0.39 is 0 Å². The summed E-state index contributed by atoms with van der Waals surface area (Å²) in [5, 5.41) is 1.36. The second-order valence-corrected chi connectivity index (χ2v) is 8.33. The Kier molecular flexibility index (Phi) is 6.53. The number of nitrogens with one attached hydrogen (secondary N) is 2. The predicted molar refractivity (Wildman–Crippen MR) is 140 cm³/mol. The normalized spacial score (nSPS) is 10.8.